The molecule has 2 aromatic carbocycles. The van der Waals surface area contributed by atoms with Crippen molar-refractivity contribution in [2.45, 2.75) is 26.3 Å². The Morgan fingerprint density at radius 1 is 1.11 bits per heavy atom. The van der Waals surface area contributed by atoms with Gasteiger partial charge in [0, 0.05) is 12.1 Å². The number of methoxy groups -OCH3 is 1. The van der Waals surface area contributed by atoms with Gasteiger partial charge in [0.15, 0.2) is 11.5 Å². The topological polar surface area (TPSA) is 66.8 Å². The largest absolute Gasteiger partial charge is 0.503 e. The molecule has 0 saturated carbocycles. The van der Waals surface area contributed by atoms with Gasteiger partial charge in [0.2, 0.25) is 0 Å². The van der Waals surface area contributed by atoms with Crippen molar-refractivity contribution >= 4 is 17.4 Å². The van der Waals surface area contributed by atoms with Gasteiger partial charge in [0.05, 0.1) is 18.7 Å². The second-order valence-electron chi connectivity index (χ2n) is 6.97. The molecular formula is C22H23NO4. The minimum atomic E-state index is -0.654. The third-order valence-electron chi connectivity index (χ3n) is 4.57. The zero-order valence-corrected chi connectivity index (χ0v) is 15.7. The molecule has 1 amide bonds. The molecule has 0 aliphatic carbocycles. The number of ether oxygens (including phenoxy) is 1. The standard InChI is InChI=1S/C22H23NO4/c1-14(2)13-18(24)19-20(15-7-5-4-6-8-15)23(22(26)21(19)25)16-9-11-17(27-3)12-10-16/h4-12,14,20,25H,13H2,1-3H3. The Labute approximate surface area is 158 Å². The first-order chi connectivity index (χ1) is 12.9. The number of carbonyl (C=O) groups is 2. The smallest absolute Gasteiger partial charge is 0.294 e. The van der Waals surface area contributed by atoms with Crippen molar-refractivity contribution in [2.24, 2.45) is 5.92 Å². The zero-order valence-electron chi connectivity index (χ0n) is 15.7. The van der Waals surface area contributed by atoms with Crippen molar-refractivity contribution in [3.05, 3.63) is 71.5 Å². The number of Topliss-reactive ketones (excluding diaryl/α,β-unsaturated/α-hetero) is 1. The van der Waals surface area contributed by atoms with E-state index in [1.807, 2.05) is 44.2 Å². The lowest BCUT2D eigenvalue weighted by Gasteiger charge is -2.27. The zero-order chi connectivity index (χ0) is 19.6. The van der Waals surface area contributed by atoms with Crippen LogP contribution in [0.15, 0.2) is 65.9 Å². The molecule has 0 spiro atoms. The fourth-order valence-corrected chi connectivity index (χ4v) is 3.33. The summed E-state index contributed by atoms with van der Waals surface area (Å²) >= 11 is 0. The maximum Gasteiger partial charge on any atom is 0.294 e. The van der Waals surface area contributed by atoms with Gasteiger partial charge >= 0.3 is 0 Å². The average Bonchev–Trinajstić information content (AvgIpc) is 2.93. The molecule has 0 bridgehead atoms. The number of anilines is 1. The Bertz CT molecular complexity index is 869. The third kappa shape index (κ3) is 3.58. The van der Waals surface area contributed by atoms with Gasteiger partial charge < -0.3 is 9.84 Å². The quantitative estimate of drug-likeness (QED) is 0.833. The number of aliphatic hydroxyl groups excluding tert-OH is 1. The number of rotatable bonds is 6. The summed E-state index contributed by atoms with van der Waals surface area (Å²) in [5, 5.41) is 10.5. The molecule has 1 atom stereocenters. The van der Waals surface area contributed by atoms with Crippen LogP contribution in [0.4, 0.5) is 5.69 Å². The van der Waals surface area contributed by atoms with Gasteiger partial charge in [-0.3, -0.25) is 14.5 Å². The van der Waals surface area contributed by atoms with E-state index in [9.17, 15) is 14.7 Å². The van der Waals surface area contributed by atoms with Crippen LogP contribution in [-0.2, 0) is 9.59 Å². The third-order valence-corrected chi connectivity index (χ3v) is 4.57. The summed E-state index contributed by atoms with van der Waals surface area (Å²) in [7, 11) is 1.57. The Morgan fingerprint density at radius 3 is 2.30 bits per heavy atom. The first-order valence-corrected chi connectivity index (χ1v) is 8.93. The molecule has 1 unspecified atom stereocenters. The van der Waals surface area contributed by atoms with E-state index in [1.54, 1.807) is 31.4 Å². The highest BCUT2D eigenvalue weighted by molar-refractivity contribution is 6.16. The van der Waals surface area contributed by atoms with E-state index < -0.39 is 17.7 Å². The summed E-state index contributed by atoms with van der Waals surface area (Å²) in [6, 6.07) is 15.6. The summed E-state index contributed by atoms with van der Waals surface area (Å²) in [6.07, 6.45) is 0.270. The maximum atomic E-state index is 12.9. The molecule has 5 heteroatoms. The second kappa shape index (κ2) is 7.66. The molecule has 1 aliphatic rings. The van der Waals surface area contributed by atoms with E-state index in [0.717, 1.165) is 5.56 Å². The highest BCUT2D eigenvalue weighted by atomic mass is 16.5. The molecule has 1 heterocycles. The van der Waals surface area contributed by atoms with Gasteiger partial charge in [0.1, 0.15) is 5.75 Å². The van der Waals surface area contributed by atoms with Crippen LogP contribution < -0.4 is 9.64 Å². The summed E-state index contributed by atoms with van der Waals surface area (Å²) in [4.78, 5) is 27.2. The van der Waals surface area contributed by atoms with Crippen molar-refractivity contribution in [1.29, 1.82) is 0 Å². The Morgan fingerprint density at radius 2 is 1.74 bits per heavy atom. The number of hydrogen-bond acceptors (Lipinski definition) is 4. The fraction of sp³-hybridized carbons (Fsp3) is 0.273. The Hall–Kier alpha value is -3.08. The van der Waals surface area contributed by atoms with Gasteiger partial charge in [-0.05, 0) is 35.7 Å². The predicted molar refractivity (Wildman–Crippen MR) is 104 cm³/mol. The lowest BCUT2D eigenvalue weighted by molar-refractivity contribution is -0.118. The number of nitrogens with zero attached hydrogens (tertiary/aromatic N) is 1. The minimum Gasteiger partial charge on any atom is -0.503 e. The van der Waals surface area contributed by atoms with Crippen LogP contribution in [-0.4, -0.2) is 23.9 Å². The van der Waals surface area contributed by atoms with Crippen LogP contribution in [0.2, 0.25) is 0 Å². The minimum absolute atomic E-state index is 0.124. The molecule has 2 aromatic rings. The summed E-state index contributed by atoms with van der Waals surface area (Å²) in [5.41, 5.74) is 1.53. The van der Waals surface area contributed by atoms with Crippen molar-refractivity contribution < 1.29 is 19.4 Å². The van der Waals surface area contributed by atoms with E-state index >= 15 is 0 Å². The van der Waals surface area contributed by atoms with Crippen LogP contribution in [0.5, 0.6) is 5.75 Å². The van der Waals surface area contributed by atoms with E-state index in [0.29, 0.717) is 11.4 Å². The molecule has 1 aliphatic heterocycles. The summed E-state index contributed by atoms with van der Waals surface area (Å²) < 4.78 is 5.18. The summed E-state index contributed by atoms with van der Waals surface area (Å²) in [6.45, 7) is 3.87. The first kappa shape index (κ1) is 18.7. The second-order valence-corrected chi connectivity index (χ2v) is 6.97. The molecule has 0 saturated heterocycles. The van der Waals surface area contributed by atoms with Gasteiger partial charge in [-0.1, -0.05) is 44.2 Å². The lowest BCUT2D eigenvalue weighted by Crippen LogP contribution is -2.31. The highest BCUT2D eigenvalue weighted by Gasteiger charge is 2.44. The van der Waals surface area contributed by atoms with Gasteiger partial charge in [-0.15, -0.1) is 0 Å². The SMILES string of the molecule is COc1ccc(N2C(=O)C(O)=C(C(=O)CC(C)C)C2c2ccccc2)cc1. The molecule has 5 nitrogen and oxygen atoms in total. The van der Waals surface area contributed by atoms with E-state index in [-0.39, 0.29) is 23.7 Å². The number of benzene rings is 2. The molecule has 27 heavy (non-hydrogen) atoms. The molecule has 140 valence electrons. The molecule has 0 fully saturated rings. The van der Waals surface area contributed by atoms with Crippen molar-refractivity contribution in [3.8, 4) is 5.75 Å². The van der Waals surface area contributed by atoms with Gasteiger partial charge in [0.25, 0.3) is 5.91 Å². The van der Waals surface area contributed by atoms with E-state index in [1.165, 1.54) is 4.90 Å². The van der Waals surface area contributed by atoms with Crippen LogP contribution in [0, 0.1) is 5.92 Å². The normalized spacial score (nSPS) is 17.0. The van der Waals surface area contributed by atoms with E-state index in [2.05, 4.69) is 0 Å². The van der Waals surface area contributed by atoms with E-state index in [4.69, 9.17) is 4.74 Å². The van der Waals surface area contributed by atoms with Crippen LogP contribution in [0.1, 0.15) is 31.9 Å². The highest BCUT2D eigenvalue weighted by Crippen LogP contribution is 2.41. The summed E-state index contributed by atoms with van der Waals surface area (Å²) in [5.74, 6) is -0.457. The lowest BCUT2D eigenvalue weighted by atomic mass is 9.92. The number of hydrogen-bond donors (Lipinski definition) is 1. The maximum absolute atomic E-state index is 12.9. The monoisotopic (exact) mass is 365 g/mol. The number of ketones is 1. The fourth-order valence-electron chi connectivity index (χ4n) is 3.33. The number of carbonyl (C=O) groups excluding carboxylic acids is 2. The van der Waals surface area contributed by atoms with Gasteiger partial charge in [-0.25, -0.2) is 0 Å². The van der Waals surface area contributed by atoms with Gasteiger partial charge in [-0.2, -0.15) is 0 Å². The Kier molecular flexibility index (Phi) is 5.31. The number of aliphatic hydroxyl groups is 1. The molecule has 1 N–H and O–H groups in total. The van der Waals surface area contributed by atoms with Crippen LogP contribution in [0.3, 0.4) is 0 Å². The van der Waals surface area contributed by atoms with Crippen LogP contribution in [0.25, 0.3) is 0 Å². The average molecular weight is 365 g/mol. The number of amides is 1. The Balaban J connectivity index is 2.10. The van der Waals surface area contributed by atoms with Crippen LogP contribution >= 0.6 is 0 Å². The van der Waals surface area contributed by atoms with Crippen molar-refractivity contribution in [2.75, 3.05) is 12.0 Å². The first-order valence-electron chi connectivity index (χ1n) is 8.93. The predicted octanol–water partition coefficient (Wildman–Crippen LogP) is 4.21. The van der Waals surface area contributed by atoms with Crippen molar-refractivity contribution in [3.63, 3.8) is 0 Å². The molecule has 3 rings (SSSR count). The molecule has 0 aromatic heterocycles. The molecular weight excluding hydrogens is 342 g/mol. The molecule has 0 radical (unpaired) electrons. The van der Waals surface area contributed by atoms with Crippen molar-refractivity contribution in [1.82, 2.24) is 0 Å².